The van der Waals surface area contributed by atoms with Crippen LogP contribution in [0.3, 0.4) is 0 Å². The minimum absolute atomic E-state index is 0.0624. The number of hydrogen-bond donors (Lipinski definition) is 1. The van der Waals surface area contributed by atoms with Crippen molar-refractivity contribution < 1.29 is 17.2 Å². The fourth-order valence-electron chi connectivity index (χ4n) is 1.12. The SMILES string of the molecule is CN(C)S(=O)(=O)c1cc(CN)cc(F)c1F. The topological polar surface area (TPSA) is 63.4 Å². The highest BCUT2D eigenvalue weighted by atomic mass is 32.2. The Morgan fingerprint density at radius 3 is 2.31 bits per heavy atom. The Bertz CT molecular complexity index is 500. The first-order chi connectivity index (χ1) is 7.30. The maximum atomic E-state index is 13.4. The molecule has 1 aromatic rings. The average Bonchev–Trinajstić information content (AvgIpc) is 2.21. The van der Waals surface area contributed by atoms with Gasteiger partial charge in [0, 0.05) is 20.6 Å². The van der Waals surface area contributed by atoms with Crippen LogP contribution >= 0.6 is 0 Å². The second-order valence-corrected chi connectivity index (χ2v) is 5.50. The van der Waals surface area contributed by atoms with Gasteiger partial charge in [-0.1, -0.05) is 0 Å². The van der Waals surface area contributed by atoms with E-state index in [1.54, 1.807) is 0 Å². The van der Waals surface area contributed by atoms with Gasteiger partial charge in [0.1, 0.15) is 4.90 Å². The second-order valence-electron chi connectivity index (χ2n) is 3.38. The van der Waals surface area contributed by atoms with E-state index in [9.17, 15) is 17.2 Å². The number of sulfonamides is 1. The maximum absolute atomic E-state index is 13.4. The summed E-state index contributed by atoms with van der Waals surface area (Å²) >= 11 is 0. The highest BCUT2D eigenvalue weighted by Crippen LogP contribution is 2.21. The summed E-state index contributed by atoms with van der Waals surface area (Å²) in [6.07, 6.45) is 0. The minimum Gasteiger partial charge on any atom is -0.326 e. The van der Waals surface area contributed by atoms with Gasteiger partial charge in [-0.3, -0.25) is 0 Å². The van der Waals surface area contributed by atoms with Crippen molar-refractivity contribution in [1.29, 1.82) is 0 Å². The molecule has 0 aliphatic carbocycles. The van der Waals surface area contributed by atoms with Gasteiger partial charge < -0.3 is 5.73 Å². The summed E-state index contributed by atoms with van der Waals surface area (Å²) in [7, 11) is -1.52. The van der Waals surface area contributed by atoms with E-state index in [1.165, 1.54) is 14.1 Å². The molecule has 0 aliphatic heterocycles. The number of benzene rings is 1. The molecule has 0 aromatic heterocycles. The summed E-state index contributed by atoms with van der Waals surface area (Å²) in [5, 5.41) is 0. The molecule has 0 amide bonds. The van der Waals surface area contributed by atoms with Crippen LogP contribution < -0.4 is 5.73 Å². The molecule has 0 heterocycles. The Balaban J connectivity index is 3.51. The van der Waals surface area contributed by atoms with Crippen molar-refractivity contribution in [2.24, 2.45) is 5.73 Å². The van der Waals surface area contributed by atoms with Crippen molar-refractivity contribution in [1.82, 2.24) is 4.31 Å². The lowest BCUT2D eigenvalue weighted by atomic mass is 10.2. The summed E-state index contributed by atoms with van der Waals surface area (Å²) < 4.78 is 50.6. The third-order valence-electron chi connectivity index (χ3n) is 2.05. The molecule has 1 aromatic carbocycles. The van der Waals surface area contributed by atoms with Crippen molar-refractivity contribution in [2.75, 3.05) is 14.1 Å². The first kappa shape index (κ1) is 13.0. The molecule has 0 bridgehead atoms. The van der Waals surface area contributed by atoms with E-state index in [1.807, 2.05) is 0 Å². The van der Waals surface area contributed by atoms with E-state index in [4.69, 9.17) is 5.73 Å². The first-order valence-corrected chi connectivity index (χ1v) is 5.85. The van der Waals surface area contributed by atoms with Gasteiger partial charge in [-0.2, -0.15) is 0 Å². The third-order valence-corrected chi connectivity index (χ3v) is 3.86. The molecule has 0 aliphatic rings. The molecule has 4 nitrogen and oxygen atoms in total. The number of rotatable bonds is 3. The molecule has 0 saturated carbocycles. The van der Waals surface area contributed by atoms with E-state index in [2.05, 4.69) is 0 Å². The summed E-state index contributed by atoms with van der Waals surface area (Å²) in [5.74, 6) is -2.60. The molecule has 0 unspecified atom stereocenters. The molecule has 0 atom stereocenters. The summed E-state index contributed by atoms with van der Waals surface area (Å²) in [5.41, 5.74) is 5.48. The quantitative estimate of drug-likeness (QED) is 0.857. The Labute approximate surface area is 92.7 Å². The van der Waals surface area contributed by atoms with E-state index in [-0.39, 0.29) is 12.1 Å². The van der Waals surface area contributed by atoms with Crippen LogP contribution in [0.5, 0.6) is 0 Å². The molecular formula is C9H12F2N2O2S. The molecule has 0 fully saturated rings. The molecule has 16 heavy (non-hydrogen) atoms. The van der Waals surface area contributed by atoms with Crippen LogP contribution in [0.4, 0.5) is 8.78 Å². The molecular weight excluding hydrogens is 238 g/mol. The van der Waals surface area contributed by atoms with Gasteiger partial charge in [0.25, 0.3) is 0 Å². The number of hydrogen-bond acceptors (Lipinski definition) is 3. The van der Waals surface area contributed by atoms with Crippen LogP contribution in [0.2, 0.25) is 0 Å². The molecule has 1 rings (SSSR count). The monoisotopic (exact) mass is 250 g/mol. The minimum atomic E-state index is -4.00. The van der Waals surface area contributed by atoms with Gasteiger partial charge in [0.05, 0.1) is 0 Å². The Kier molecular flexibility index (Phi) is 3.61. The normalized spacial score (nSPS) is 12.1. The molecule has 0 spiro atoms. The lowest BCUT2D eigenvalue weighted by molar-refractivity contribution is 0.470. The van der Waals surface area contributed by atoms with Crippen LogP contribution in [-0.2, 0) is 16.6 Å². The fraction of sp³-hybridized carbons (Fsp3) is 0.333. The zero-order valence-corrected chi connectivity index (χ0v) is 9.68. The van der Waals surface area contributed by atoms with Crippen molar-refractivity contribution in [3.05, 3.63) is 29.3 Å². The number of nitrogens with two attached hydrogens (primary N) is 1. The Morgan fingerprint density at radius 1 is 1.31 bits per heavy atom. The van der Waals surface area contributed by atoms with Crippen LogP contribution in [0, 0.1) is 11.6 Å². The molecule has 0 saturated heterocycles. The summed E-state index contributed by atoms with van der Waals surface area (Å²) in [6, 6.07) is 1.91. The van der Waals surface area contributed by atoms with Crippen molar-refractivity contribution >= 4 is 10.0 Å². The van der Waals surface area contributed by atoms with Gasteiger partial charge in [-0.05, 0) is 17.7 Å². The van der Waals surface area contributed by atoms with Gasteiger partial charge in [-0.25, -0.2) is 21.5 Å². The molecule has 2 N–H and O–H groups in total. The van der Waals surface area contributed by atoms with Gasteiger partial charge in [0.15, 0.2) is 11.6 Å². The van der Waals surface area contributed by atoms with E-state index in [0.29, 0.717) is 0 Å². The van der Waals surface area contributed by atoms with Crippen LogP contribution in [0.25, 0.3) is 0 Å². The molecule has 90 valence electrons. The molecule has 7 heteroatoms. The maximum Gasteiger partial charge on any atom is 0.245 e. The van der Waals surface area contributed by atoms with Crippen LogP contribution in [0.1, 0.15) is 5.56 Å². The number of nitrogens with zero attached hydrogens (tertiary/aromatic N) is 1. The van der Waals surface area contributed by atoms with E-state index in [0.717, 1.165) is 16.4 Å². The summed E-state index contributed by atoms with van der Waals surface area (Å²) in [4.78, 5) is -0.696. The van der Waals surface area contributed by atoms with Crippen molar-refractivity contribution in [3.63, 3.8) is 0 Å². The van der Waals surface area contributed by atoms with Gasteiger partial charge >= 0.3 is 0 Å². The smallest absolute Gasteiger partial charge is 0.245 e. The predicted molar refractivity (Wildman–Crippen MR) is 55.1 cm³/mol. The lowest BCUT2D eigenvalue weighted by Crippen LogP contribution is -2.24. The second kappa shape index (κ2) is 4.44. The largest absolute Gasteiger partial charge is 0.326 e. The van der Waals surface area contributed by atoms with Crippen molar-refractivity contribution in [2.45, 2.75) is 11.4 Å². The van der Waals surface area contributed by atoms with Gasteiger partial charge in [0.2, 0.25) is 10.0 Å². The van der Waals surface area contributed by atoms with E-state index < -0.39 is 26.6 Å². The van der Waals surface area contributed by atoms with Crippen LogP contribution in [-0.4, -0.2) is 26.8 Å². The Morgan fingerprint density at radius 2 is 1.88 bits per heavy atom. The van der Waals surface area contributed by atoms with Gasteiger partial charge in [-0.15, -0.1) is 0 Å². The zero-order chi connectivity index (χ0) is 12.5. The third kappa shape index (κ3) is 2.21. The highest BCUT2D eigenvalue weighted by Gasteiger charge is 2.24. The predicted octanol–water partition coefficient (Wildman–Crippen LogP) is 0.674. The van der Waals surface area contributed by atoms with Crippen LogP contribution in [0.15, 0.2) is 17.0 Å². The average molecular weight is 250 g/mol. The Hall–Kier alpha value is -1.05. The standard InChI is InChI=1S/C9H12F2N2O2S/c1-13(2)16(14,15)8-4-6(5-12)3-7(10)9(8)11/h3-4H,5,12H2,1-2H3. The first-order valence-electron chi connectivity index (χ1n) is 4.41. The van der Waals surface area contributed by atoms with E-state index >= 15 is 0 Å². The lowest BCUT2D eigenvalue weighted by Gasteiger charge is -2.13. The number of halogens is 2. The summed E-state index contributed by atoms with van der Waals surface area (Å²) in [6.45, 7) is -0.0624. The zero-order valence-electron chi connectivity index (χ0n) is 8.87. The molecule has 0 radical (unpaired) electrons. The van der Waals surface area contributed by atoms with Crippen molar-refractivity contribution in [3.8, 4) is 0 Å². The highest BCUT2D eigenvalue weighted by molar-refractivity contribution is 7.89. The fourth-order valence-corrected chi connectivity index (χ4v) is 2.14.